The first-order chi connectivity index (χ1) is 17.0. The summed E-state index contributed by atoms with van der Waals surface area (Å²) in [6.07, 6.45) is 3.12. The molecule has 2 aromatic carbocycles. The highest BCUT2D eigenvalue weighted by Gasteiger charge is 2.26. The second-order valence-corrected chi connectivity index (χ2v) is 9.36. The SMILES string of the molecule is CC.CCN1CCCc2c(c3ccc(N4CCN(CCc5ccc(F)cc5)CC4=O)cc3n2C)C1. The van der Waals surface area contributed by atoms with Crippen LogP contribution in [0.2, 0.25) is 0 Å². The van der Waals surface area contributed by atoms with E-state index in [4.69, 9.17) is 0 Å². The first-order valence-corrected chi connectivity index (χ1v) is 13.1. The molecule has 1 aromatic heterocycles. The lowest BCUT2D eigenvalue weighted by Gasteiger charge is -2.34. The molecule has 1 fully saturated rings. The van der Waals surface area contributed by atoms with Crippen molar-refractivity contribution in [1.82, 2.24) is 14.4 Å². The van der Waals surface area contributed by atoms with E-state index in [1.165, 1.54) is 40.7 Å². The molecule has 2 aliphatic heterocycles. The van der Waals surface area contributed by atoms with E-state index < -0.39 is 0 Å². The average Bonchev–Trinajstić information content (AvgIpc) is 3.02. The third kappa shape index (κ3) is 5.44. The van der Waals surface area contributed by atoms with E-state index in [1.807, 2.05) is 30.9 Å². The lowest BCUT2D eigenvalue weighted by molar-refractivity contribution is -0.121. The van der Waals surface area contributed by atoms with Crippen molar-refractivity contribution in [2.45, 2.75) is 46.6 Å². The normalized spacial score (nSPS) is 17.2. The van der Waals surface area contributed by atoms with Gasteiger partial charge in [0.2, 0.25) is 5.91 Å². The fourth-order valence-electron chi connectivity index (χ4n) is 5.39. The monoisotopic (exact) mass is 478 g/mol. The van der Waals surface area contributed by atoms with Crippen molar-refractivity contribution in [1.29, 1.82) is 0 Å². The number of rotatable bonds is 5. The number of nitrogens with zero attached hydrogens (tertiary/aromatic N) is 4. The number of aromatic nitrogens is 1. The molecule has 0 N–H and O–H groups in total. The maximum absolute atomic E-state index is 13.1. The van der Waals surface area contributed by atoms with Crippen LogP contribution in [0.25, 0.3) is 10.9 Å². The number of carbonyl (C=O) groups excluding carboxylic acids is 1. The molecule has 0 unspecified atom stereocenters. The van der Waals surface area contributed by atoms with Crippen molar-refractivity contribution in [3.05, 3.63) is 65.1 Å². The Morgan fingerprint density at radius 1 is 0.943 bits per heavy atom. The molecule has 3 heterocycles. The number of hydrogen-bond donors (Lipinski definition) is 0. The zero-order chi connectivity index (χ0) is 24.9. The van der Waals surface area contributed by atoms with Crippen molar-refractivity contribution >= 4 is 22.5 Å². The average molecular weight is 479 g/mol. The summed E-state index contributed by atoms with van der Waals surface area (Å²) in [6.45, 7) is 12.3. The predicted molar refractivity (Wildman–Crippen MR) is 142 cm³/mol. The number of benzene rings is 2. The van der Waals surface area contributed by atoms with Gasteiger partial charge in [-0.1, -0.05) is 39.0 Å². The Hall–Kier alpha value is -2.70. The van der Waals surface area contributed by atoms with E-state index >= 15 is 0 Å². The highest BCUT2D eigenvalue weighted by molar-refractivity contribution is 5.98. The summed E-state index contributed by atoms with van der Waals surface area (Å²) in [5.74, 6) is -0.0653. The van der Waals surface area contributed by atoms with E-state index in [-0.39, 0.29) is 11.7 Å². The van der Waals surface area contributed by atoms with E-state index in [2.05, 4.69) is 46.5 Å². The van der Waals surface area contributed by atoms with Gasteiger partial charge in [-0.05, 0) is 67.7 Å². The molecule has 5 nitrogen and oxygen atoms in total. The van der Waals surface area contributed by atoms with Crippen LogP contribution in [0.3, 0.4) is 0 Å². The number of anilines is 1. The van der Waals surface area contributed by atoms with Crippen LogP contribution in [0.4, 0.5) is 10.1 Å². The standard InChI is InChI=1S/C27H33FN4O.C2H6/c1-3-30-13-4-5-25-24(18-30)23-11-10-22(17-26(23)29(25)2)32-16-15-31(19-27(32)33)14-12-20-6-8-21(28)9-7-20;1-2/h6-11,17H,3-5,12-16,18-19H2,1-2H3;1-2H3. The summed E-state index contributed by atoms with van der Waals surface area (Å²) in [5, 5.41) is 1.32. The molecule has 1 amide bonds. The zero-order valence-corrected chi connectivity index (χ0v) is 21.7. The van der Waals surface area contributed by atoms with Crippen LogP contribution in [0.5, 0.6) is 0 Å². The summed E-state index contributed by atoms with van der Waals surface area (Å²) < 4.78 is 15.5. The molecular formula is C29H39FN4O. The van der Waals surface area contributed by atoms with Gasteiger partial charge in [-0.2, -0.15) is 0 Å². The van der Waals surface area contributed by atoms with Crippen molar-refractivity contribution in [2.75, 3.05) is 44.2 Å². The van der Waals surface area contributed by atoms with Gasteiger partial charge < -0.3 is 9.47 Å². The molecule has 2 aliphatic rings. The van der Waals surface area contributed by atoms with Gasteiger partial charge in [-0.15, -0.1) is 0 Å². The maximum atomic E-state index is 13.1. The minimum absolute atomic E-state index is 0.146. The molecule has 0 bridgehead atoms. The quantitative estimate of drug-likeness (QED) is 0.517. The Morgan fingerprint density at radius 3 is 2.43 bits per heavy atom. The fraction of sp³-hybridized carbons (Fsp3) is 0.483. The molecule has 0 spiro atoms. The summed E-state index contributed by atoms with van der Waals surface area (Å²) in [6, 6.07) is 13.2. The molecular weight excluding hydrogens is 439 g/mol. The Balaban J connectivity index is 0.00000141. The van der Waals surface area contributed by atoms with E-state index in [0.29, 0.717) is 13.1 Å². The molecule has 188 valence electrons. The summed E-state index contributed by atoms with van der Waals surface area (Å²) in [7, 11) is 2.17. The molecule has 0 saturated carbocycles. The lowest BCUT2D eigenvalue weighted by Crippen LogP contribution is -2.50. The Bertz CT molecular complexity index is 1150. The Morgan fingerprint density at radius 2 is 1.71 bits per heavy atom. The molecule has 6 heteroatoms. The minimum Gasteiger partial charge on any atom is -0.347 e. The molecule has 0 atom stereocenters. The summed E-state index contributed by atoms with van der Waals surface area (Å²) >= 11 is 0. The first kappa shape index (κ1) is 25.4. The number of hydrogen-bond acceptors (Lipinski definition) is 3. The first-order valence-electron chi connectivity index (χ1n) is 13.1. The summed E-state index contributed by atoms with van der Waals surface area (Å²) in [5.41, 5.74) is 6.21. The van der Waals surface area contributed by atoms with Crippen LogP contribution < -0.4 is 4.90 Å². The smallest absolute Gasteiger partial charge is 0.241 e. The number of amides is 1. The molecule has 5 rings (SSSR count). The molecule has 0 aliphatic carbocycles. The van der Waals surface area contributed by atoms with Gasteiger partial charge in [0.25, 0.3) is 0 Å². The minimum atomic E-state index is -0.211. The van der Waals surface area contributed by atoms with Crippen LogP contribution >= 0.6 is 0 Å². The van der Waals surface area contributed by atoms with Crippen LogP contribution in [0.15, 0.2) is 42.5 Å². The highest BCUT2D eigenvalue weighted by Crippen LogP contribution is 2.33. The van der Waals surface area contributed by atoms with Gasteiger partial charge in [0, 0.05) is 50.0 Å². The number of halogens is 1. The third-order valence-electron chi connectivity index (χ3n) is 7.38. The third-order valence-corrected chi connectivity index (χ3v) is 7.38. The van der Waals surface area contributed by atoms with Crippen LogP contribution in [0.1, 0.15) is 44.0 Å². The Kier molecular flexibility index (Phi) is 8.24. The number of piperazine rings is 1. The van der Waals surface area contributed by atoms with Gasteiger partial charge in [0.1, 0.15) is 5.82 Å². The van der Waals surface area contributed by atoms with Gasteiger partial charge in [-0.25, -0.2) is 4.39 Å². The second-order valence-electron chi connectivity index (χ2n) is 9.36. The largest absolute Gasteiger partial charge is 0.347 e. The number of aryl methyl sites for hydroxylation is 1. The maximum Gasteiger partial charge on any atom is 0.241 e. The highest BCUT2D eigenvalue weighted by atomic mass is 19.1. The van der Waals surface area contributed by atoms with Crippen molar-refractivity contribution < 1.29 is 9.18 Å². The Labute approximate surface area is 209 Å². The van der Waals surface area contributed by atoms with E-state index in [1.54, 1.807) is 0 Å². The fourth-order valence-corrected chi connectivity index (χ4v) is 5.39. The van der Waals surface area contributed by atoms with Gasteiger partial charge in [0.15, 0.2) is 0 Å². The molecule has 1 saturated heterocycles. The van der Waals surface area contributed by atoms with Gasteiger partial charge >= 0.3 is 0 Å². The van der Waals surface area contributed by atoms with Crippen LogP contribution in [0, 0.1) is 5.82 Å². The molecule has 35 heavy (non-hydrogen) atoms. The zero-order valence-electron chi connectivity index (χ0n) is 21.7. The van der Waals surface area contributed by atoms with Crippen molar-refractivity contribution in [3.63, 3.8) is 0 Å². The van der Waals surface area contributed by atoms with Crippen LogP contribution in [-0.4, -0.2) is 59.5 Å². The van der Waals surface area contributed by atoms with Gasteiger partial charge in [-0.3, -0.25) is 14.6 Å². The van der Waals surface area contributed by atoms with Crippen LogP contribution in [-0.2, 0) is 31.2 Å². The van der Waals surface area contributed by atoms with E-state index in [0.717, 1.165) is 56.8 Å². The number of carbonyl (C=O) groups is 1. The van der Waals surface area contributed by atoms with Gasteiger partial charge in [0.05, 0.1) is 12.1 Å². The van der Waals surface area contributed by atoms with E-state index in [9.17, 15) is 9.18 Å². The lowest BCUT2D eigenvalue weighted by atomic mass is 10.1. The van der Waals surface area contributed by atoms with Crippen molar-refractivity contribution in [2.24, 2.45) is 7.05 Å². The summed E-state index contributed by atoms with van der Waals surface area (Å²) in [4.78, 5) is 19.7. The topological polar surface area (TPSA) is 31.7 Å². The predicted octanol–water partition coefficient (Wildman–Crippen LogP) is 5.00. The second kappa shape index (κ2) is 11.4. The molecule has 0 radical (unpaired) electrons. The van der Waals surface area contributed by atoms with Crippen molar-refractivity contribution in [3.8, 4) is 0 Å². The molecule has 3 aromatic rings. The number of fused-ring (bicyclic) bond motifs is 3.